The third kappa shape index (κ3) is 1.60. The molecule has 0 saturated heterocycles. The predicted octanol–water partition coefficient (Wildman–Crippen LogP) is 3.54. The second-order valence-electron chi connectivity index (χ2n) is 4.54. The molecular formula is C13H16S. The number of thiophene rings is 1. The van der Waals surface area contributed by atoms with Crippen molar-refractivity contribution >= 4 is 11.3 Å². The largest absolute Gasteiger partial charge is 0.144 e. The molecule has 0 nitrogen and oxygen atoms in total. The van der Waals surface area contributed by atoms with Crippen LogP contribution in [-0.2, 0) is 18.3 Å². The molecule has 1 heteroatoms. The highest BCUT2D eigenvalue weighted by Gasteiger charge is 2.23. The zero-order chi connectivity index (χ0) is 10.2. The van der Waals surface area contributed by atoms with Crippen molar-refractivity contribution in [3.63, 3.8) is 0 Å². The molecule has 1 aliphatic carbocycles. The summed E-state index contributed by atoms with van der Waals surface area (Å²) < 4.78 is 0. The molecule has 1 aliphatic rings. The Morgan fingerprint density at radius 3 is 2.71 bits per heavy atom. The molecule has 2 rings (SSSR count). The van der Waals surface area contributed by atoms with E-state index in [2.05, 4.69) is 25.8 Å². The van der Waals surface area contributed by atoms with Crippen molar-refractivity contribution in [1.29, 1.82) is 0 Å². The van der Waals surface area contributed by atoms with E-state index >= 15 is 0 Å². The summed E-state index contributed by atoms with van der Waals surface area (Å²) in [5.74, 6) is 2.88. The Morgan fingerprint density at radius 2 is 2.07 bits per heavy atom. The topological polar surface area (TPSA) is 0 Å². The van der Waals surface area contributed by atoms with Gasteiger partial charge in [-0.1, -0.05) is 5.92 Å². The molecule has 0 spiro atoms. The van der Waals surface area contributed by atoms with Crippen LogP contribution in [0.25, 0.3) is 0 Å². The van der Waals surface area contributed by atoms with E-state index in [-0.39, 0.29) is 5.41 Å². The Balaban J connectivity index is 2.38. The molecule has 1 heterocycles. The van der Waals surface area contributed by atoms with Gasteiger partial charge in [-0.3, -0.25) is 0 Å². The minimum absolute atomic E-state index is 0.0813. The molecule has 0 amide bonds. The first kappa shape index (κ1) is 9.80. The summed E-state index contributed by atoms with van der Waals surface area (Å²) in [6, 6.07) is 2.33. The highest BCUT2D eigenvalue weighted by Crippen LogP contribution is 2.35. The fourth-order valence-corrected chi connectivity index (χ4v) is 3.19. The second-order valence-corrected chi connectivity index (χ2v) is 5.67. The molecule has 0 aliphatic heterocycles. The van der Waals surface area contributed by atoms with E-state index in [1.807, 2.05) is 11.3 Å². The number of hydrogen-bond donors (Lipinski definition) is 0. The third-order valence-corrected chi connectivity index (χ3v) is 4.53. The Kier molecular flexibility index (Phi) is 2.41. The van der Waals surface area contributed by atoms with E-state index in [1.54, 1.807) is 10.4 Å². The van der Waals surface area contributed by atoms with Gasteiger partial charge in [0.05, 0.1) is 5.41 Å². The third-order valence-electron chi connectivity index (χ3n) is 2.97. The van der Waals surface area contributed by atoms with Gasteiger partial charge in [-0.05, 0) is 51.2 Å². The lowest BCUT2D eigenvalue weighted by Gasteiger charge is -2.14. The molecule has 0 unspecified atom stereocenters. The standard InChI is InChI=1S/C13H16S/c1-4-13(2,3)12-9-10-7-5-6-8-11(10)14-12/h1,9H,5-8H2,2-3H3. The monoisotopic (exact) mass is 204 g/mol. The second kappa shape index (κ2) is 3.44. The zero-order valence-corrected chi connectivity index (χ0v) is 9.71. The zero-order valence-electron chi connectivity index (χ0n) is 8.89. The highest BCUT2D eigenvalue weighted by atomic mass is 32.1. The van der Waals surface area contributed by atoms with Crippen molar-refractivity contribution in [3.8, 4) is 12.3 Å². The maximum Gasteiger partial charge on any atom is 0.0597 e. The van der Waals surface area contributed by atoms with Crippen LogP contribution in [0.2, 0.25) is 0 Å². The smallest absolute Gasteiger partial charge is 0.0597 e. The van der Waals surface area contributed by atoms with Crippen molar-refractivity contribution in [1.82, 2.24) is 0 Å². The van der Waals surface area contributed by atoms with Gasteiger partial charge >= 0.3 is 0 Å². The predicted molar refractivity (Wildman–Crippen MR) is 62.8 cm³/mol. The van der Waals surface area contributed by atoms with Crippen LogP contribution in [0.15, 0.2) is 6.07 Å². The van der Waals surface area contributed by atoms with Gasteiger partial charge in [0.15, 0.2) is 0 Å². The normalized spacial score (nSPS) is 16.1. The molecule has 74 valence electrons. The van der Waals surface area contributed by atoms with Crippen LogP contribution >= 0.6 is 11.3 Å². The summed E-state index contributed by atoms with van der Waals surface area (Å²) >= 11 is 1.92. The fourth-order valence-electron chi connectivity index (χ4n) is 1.87. The highest BCUT2D eigenvalue weighted by molar-refractivity contribution is 7.12. The minimum Gasteiger partial charge on any atom is -0.144 e. The quantitative estimate of drug-likeness (QED) is 0.614. The molecule has 1 aromatic heterocycles. The van der Waals surface area contributed by atoms with Crippen molar-refractivity contribution in [3.05, 3.63) is 21.4 Å². The van der Waals surface area contributed by atoms with Gasteiger partial charge in [-0.15, -0.1) is 17.8 Å². The van der Waals surface area contributed by atoms with Gasteiger partial charge in [-0.2, -0.15) is 0 Å². The lowest BCUT2D eigenvalue weighted by Crippen LogP contribution is -2.11. The van der Waals surface area contributed by atoms with Gasteiger partial charge in [-0.25, -0.2) is 0 Å². The number of hydrogen-bond acceptors (Lipinski definition) is 1. The first-order valence-corrected chi connectivity index (χ1v) is 6.05. The number of rotatable bonds is 1. The Labute approximate surface area is 90.3 Å². The van der Waals surface area contributed by atoms with Crippen LogP contribution in [0.4, 0.5) is 0 Å². The molecule has 0 radical (unpaired) electrons. The summed E-state index contributed by atoms with van der Waals surface area (Å²) in [6.45, 7) is 4.26. The lowest BCUT2D eigenvalue weighted by atomic mass is 9.91. The first-order valence-electron chi connectivity index (χ1n) is 5.23. The Hall–Kier alpha value is -0.740. The van der Waals surface area contributed by atoms with Gasteiger partial charge in [0.25, 0.3) is 0 Å². The van der Waals surface area contributed by atoms with Crippen LogP contribution in [0.3, 0.4) is 0 Å². The summed E-state index contributed by atoms with van der Waals surface area (Å²) in [5.41, 5.74) is 1.47. The SMILES string of the molecule is C#CC(C)(C)c1cc2c(s1)CCCC2. The van der Waals surface area contributed by atoms with Crippen LogP contribution in [0.1, 0.15) is 42.0 Å². The molecule has 1 aromatic rings. The molecule has 14 heavy (non-hydrogen) atoms. The van der Waals surface area contributed by atoms with Gasteiger partial charge in [0.2, 0.25) is 0 Å². The van der Waals surface area contributed by atoms with Crippen LogP contribution in [-0.4, -0.2) is 0 Å². The summed E-state index contributed by atoms with van der Waals surface area (Å²) in [7, 11) is 0. The summed E-state index contributed by atoms with van der Waals surface area (Å²) in [6.07, 6.45) is 10.8. The molecule has 0 bridgehead atoms. The first-order chi connectivity index (χ1) is 6.63. The molecule has 0 saturated carbocycles. The summed E-state index contributed by atoms with van der Waals surface area (Å²) in [4.78, 5) is 2.95. The van der Waals surface area contributed by atoms with Crippen molar-refractivity contribution in [2.24, 2.45) is 0 Å². The average Bonchev–Trinajstić information content (AvgIpc) is 2.61. The van der Waals surface area contributed by atoms with Crippen LogP contribution < -0.4 is 0 Å². The van der Waals surface area contributed by atoms with E-state index < -0.39 is 0 Å². The number of terminal acetylenes is 1. The molecule has 0 fully saturated rings. The minimum atomic E-state index is -0.0813. The van der Waals surface area contributed by atoms with Gasteiger partial charge in [0.1, 0.15) is 0 Å². The van der Waals surface area contributed by atoms with Crippen molar-refractivity contribution in [2.75, 3.05) is 0 Å². The summed E-state index contributed by atoms with van der Waals surface area (Å²) in [5, 5.41) is 0. The number of fused-ring (bicyclic) bond motifs is 1. The average molecular weight is 204 g/mol. The van der Waals surface area contributed by atoms with Crippen LogP contribution in [0.5, 0.6) is 0 Å². The van der Waals surface area contributed by atoms with E-state index in [0.29, 0.717) is 0 Å². The lowest BCUT2D eigenvalue weighted by molar-refractivity contribution is 0.693. The Bertz CT molecular complexity index is 353. The van der Waals surface area contributed by atoms with Crippen molar-refractivity contribution < 1.29 is 0 Å². The number of aryl methyl sites for hydroxylation is 2. The molecule has 0 N–H and O–H groups in total. The van der Waals surface area contributed by atoms with E-state index in [9.17, 15) is 0 Å². The molecular weight excluding hydrogens is 188 g/mol. The van der Waals surface area contributed by atoms with E-state index in [0.717, 1.165) is 0 Å². The van der Waals surface area contributed by atoms with Crippen molar-refractivity contribution in [2.45, 2.75) is 44.9 Å². The van der Waals surface area contributed by atoms with Crippen LogP contribution in [0, 0.1) is 12.3 Å². The van der Waals surface area contributed by atoms with E-state index in [4.69, 9.17) is 6.42 Å². The maximum absolute atomic E-state index is 5.55. The fraction of sp³-hybridized carbons (Fsp3) is 0.538. The van der Waals surface area contributed by atoms with Gasteiger partial charge in [0, 0.05) is 9.75 Å². The maximum atomic E-state index is 5.55. The van der Waals surface area contributed by atoms with Gasteiger partial charge < -0.3 is 0 Å². The molecule has 0 aromatic carbocycles. The molecule has 0 atom stereocenters. The van der Waals surface area contributed by atoms with E-state index in [1.165, 1.54) is 30.6 Å². The Morgan fingerprint density at radius 1 is 1.36 bits per heavy atom.